The number of nitrogen functional groups attached to an aromatic ring is 1. The molecule has 1 heterocycles. The van der Waals surface area contributed by atoms with Crippen molar-refractivity contribution in [2.45, 2.75) is 11.8 Å². The van der Waals surface area contributed by atoms with Crippen molar-refractivity contribution in [3.05, 3.63) is 0 Å². The lowest BCUT2D eigenvalue weighted by atomic mass is 10.5. The number of rotatable bonds is 6. The summed E-state index contributed by atoms with van der Waals surface area (Å²) in [6.07, 6.45) is 1.13. The molecule has 0 amide bonds. The van der Waals surface area contributed by atoms with Crippen LogP contribution in [-0.4, -0.2) is 52.6 Å². The second-order valence-electron chi connectivity index (χ2n) is 4.16. The second-order valence-corrected chi connectivity index (χ2v) is 9.38. The van der Waals surface area contributed by atoms with E-state index in [1.54, 1.807) is 11.9 Å². The van der Waals surface area contributed by atoms with E-state index in [9.17, 15) is 16.8 Å². The predicted octanol–water partition coefficient (Wildman–Crippen LogP) is -0.000300. The molecule has 0 aliphatic heterocycles. The van der Waals surface area contributed by atoms with Crippen molar-refractivity contribution in [2.24, 2.45) is 0 Å². The first-order valence-corrected chi connectivity index (χ1v) is 9.94. The van der Waals surface area contributed by atoms with E-state index in [2.05, 4.69) is 4.37 Å². The van der Waals surface area contributed by atoms with Gasteiger partial charge in [-0.2, -0.15) is 4.37 Å². The summed E-state index contributed by atoms with van der Waals surface area (Å²) < 4.78 is 50.0. The molecule has 0 bridgehead atoms. The Balaban J connectivity index is 3.09. The third kappa shape index (κ3) is 4.05. The minimum absolute atomic E-state index is 0.00370. The molecule has 0 unspecified atom stereocenters. The van der Waals surface area contributed by atoms with Gasteiger partial charge in [-0.25, -0.2) is 16.8 Å². The van der Waals surface area contributed by atoms with Gasteiger partial charge in [-0.1, -0.05) is 6.92 Å². The Labute approximate surface area is 117 Å². The highest BCUT2D eigenvalue weighted by molar-refractivity contribution is 7.92. The molecule has 0 saturated heterocycles. The lowest BCUT2D eigenvalue weighted by molar-refractivity contribution is 0.597. The molecule has 19 heavy (non-hydrogen) atoms. The largest absolute Gasteiger partial charge is 0.382 e. The third-order valence-electron chi connectivity index (χ3n) is 2.49. The zero-order chi connectivity index (χ0) is 14.8. The molecule has 0 radical (unpaired) electrons. The first kappa shape index (κ1) is 16.2. The molecule has 0 fully saturated rings. The maximum Gasteiger partial charge on any atom is 0.184 e. The molecule has 0 aliphatic rings. The summed E-state index contributed by atoms with van der Waals surface area (Å²) >= 11 is 0.954. The molecular weight excluding hydrogens is 310 g/mol. The summed E-state index contributed by atoms with van der Waals surface area (Å²) in [6.45, 7) is 1.71. The van der Waals surface area contributed by atoms with Crippen LogP contribution in [0.3, 0.4) is 0 Å². The lowest BCUT2D eigenvalue weighted by Crippen LogP contribution is -2.25. The fourth-order valence-corrected chi connectivity index (χ4v) is 4.29. The minimum Gasteiger partial charge on any atom is -0.382 e. The van der Waals surface area contributed by atoms with Gasteiger partial charge in [0, 0.05) is 19.8 Å². The smallest absolute Gasteiger partial charge is 0.184 e. The van der Waals surface area contributed by atoms with Gasteiger partial charge in [0.25, 0.3) is 0 Å². The Morgan fingerprint density at radius 2 is 1.89 bits per heavy atom. The molecule has 0 saturated carbocycles. The Kier molecular flexibility index (Phi) is 4.80. The second kappa shape index (κ2) is 5.63. The van der Waals surface area contributed by atoms with Crippen molar-refractivity contribution < 1.29 is 16.8 Å². The van der Waals surface area contributed by atoms with E-state index < -0.39 is 19.7 Å². The summed E-state index contributed by atoms with van der Waals surface area (Å²) in [4.78, 5) is 1.55. The van der Waals surface area contributed by atoms with Gasteiger partial charge in [-0.3, -0.25) is 0 Å². The van der Waals surface area contributed by atoms with Crippen molar-refractivity contribution in [2.75, 3.05) is 42.0 Å². The van der Waals surface area contributed by atoms with Gasteiger partial charge >= 0.3 is 0 Å². The number of hydrogen-bond donors (Lipinski definition) is 1. The summed E-state index contributed by atoms with van der Waals surface area (Å²) in [6, 6.07) is 0. The van der Waals surface area contributed by atoms with Gasteiger partial charge in [0.1, 0.15) is 19.7 Å². The predicted molar refractivity (Wildman–Crippen MR) is 77.2 cm³/mol. The van der Waals surface area contributed by atoms with Gasteiger partial charge in [-0.05, 0) is 11.5 Å². The Hall–Kier alpha value is -0.870. The van der Waals surface area contributed by atoms with Gasteiger partial charge in [-0.15, -0.1) is 0 Å². The van der Waals surface area contributed by atoms with E-state index in [1.165, 1.54) is 6.92 Å². The number of nitrogens with two attached hydrogens (primary N) is 1. The van der Waals surface area contributed by atoms with Crippen LogP contribution in [0.5, 0.6) is 0 Å². The van der Waals surface area contributed by atoms with Crippen molar-refractivity contribution in [1.29, 1.82) is 0 Å². The number of hydrogen-bond acceptors (Lipinski definition) is 8. The molecule has 1 rings (SSSR count). The highest BCUT2D eigenvalue weighted by Gasteiger charge is 2.26. The van der Waals surface area contributed by atoms with Crippen molar-refractivity contribution >= 4 is 42.0 Å². The highest BCUT2D eigenvalue weighted by Crippen LogP contribution is 2.34. The number of aromatic nitrogens is 1. The van der Waals surface area contributed by atoms with Crippen LogP contribution in [0.4, 0.5) is 10.8 Å². The zero-order valence-corrected chi connectivity index (χ0v) is 13.4. The Morgan fingerprint density at radius 3 is 2.37 bits per heavy atom. The lowest BCUT2D eigenvalue weighted by Gasteiger charge is -2.17. The fourth-order valence-electron chi connectivity index (χ4n) is 1.37. The molecule has 2 N–H and O–H groups in total. The summed E-state index contributed by atoms with van der Waals surface area (Å²) in [5, 5.41) is 0.378. The number of anilines is 2. The minimum atomic E-state index is -3.48. The van der Waals surface area contributed by atoms with E-state index in [1.807, 2.05) is 0 Å². The van der Waals surface area contributed by atoms with Crippen LogP contribution in [0.25, 0.3) is 0 Å². The maximum absolute atomic E-state index is 12.0. The van der Waals surface area contributed by atoms with Gasteiger partial charge in [0.15, 0.2) is 15.7 Å². The van der Waals surface area contributed by atoms with E-state index in [0.717, 1.165) is 17.8 Å². The van der Waals surface area contributed by atoms with Crippen LogP contribution in [-0.2, 0) is 19.7 Å². The normalized spacial score (nSPS) is 12.6. The fraction of sp³-hybridized carbons (Fsp3) is 0.667. The van der Waals surface area contributed by atoms with Crippen molar-refractivity contribution in [3.8, 4) is 0 Å². The monoisotopic (exact) mass is 327 g/mol. The maximum atomic E-state index is 12.0. The molecule has 7 nitrogen and oxygen atoms in total. The number of sulfone groups is 2. The van der Waals surface area contributed by atoms with Crippen LogP contribution in [0.2, 0.25) is 0 Å². The van der Waals surface area contributed by atoms with Crippen molar-refractivity contribution in [1.82, 2.24) is 4.37 Å². The summed E-state index contributed by atoms with van der Waals surface area (Å²) in [5.41, 5.74) is 5.60. The van der Waals surface area contributed by atoms with Crippen LogP contribution < -0.4 is 10.6 Å². The standard InChI is InChI=1S/C9H17N3O4S3/c1-4-19(15,16)7-8(10)11-17-9(7)12(2)5-6-18(3,13)14/h4-6H2,1-3H3,(H2,10,11). The van der Waals surface area contributed by atoms with Gasteiger partial charge < -0.3 is 10.6 Å². The molecular formula is C9H17N3O4S3. The van der Waals surface area contributed by atoms with E-state index >= 15 is 0 Å². The zero-order valence-electron chi connectivity index (χ0n) is 11.0. The van der Waals surface area contributed by atoms with E-state index in [4.69, 9.17) is 5.73 Å². The van der Waals surface area contributed by atoms with E-state index in [0.29, 0.717) is 5.00 Å². The Bertz CT molecular complexity index is 648. The first-order valence-electron chi connectivity index (χ1n) is 5.45. The average molecular weight is 327 g/mol. The molecule has 0 spiro atoms. The number of nitrogens with zero attached hydrogens (tertiary/aromatic N) is 2. The van der Waals surface area contributed by atoms with Gasteiger partial charge in [0.05, 0.1) is 11.5 Å². The summed E-state index contributed by atoms with van der Waals surface area (Å²) in [5.74, 6) is -0.178. The molecule has 1 aromatic rings. The van der Waals surface area contributed by atoms with Crippen LogP contribution >= 0.6 is 11.5 Å². The highest BCUT2D eigenvalue weighted by atomic mass is 32.2. The quantitative estimate of drug-likeness (QED) is 0.783. The van der Waals surface area contributed by atoms with Crippen LogP contribution in [0.1, 0.15) is 6.92 Å². The summed E-state index contributed by atoms with van der Waals surface area (Å²) in [7, 11) is -4.98. The molecule has 10 heteroatoms. The van der Waals surface area contributed by atoms with Crippen LogP contribution in [0.15, 0.2) is 4.90 Å². The first-order chi connectivity index (χ1) is 8.58. The molecule has 0 aliphatic carbocycles. The van der Waals surface area contributed by atoms with E-state index in [-0.39, 0.29) is 28.8 Å². The van der Waals surface area contributed by atoms with Crippen molar-refractivity contribution in [3.63, 3.8) is 0 Å². The van der Waals surface area contributed by atoms with Crippen LogP contribution in [0, 0.1) is 0 Å². The molecule has 1 aromatic heterocycles. The molecule has 110 valence electrons. The average Bonchev–Trinajstić information content (AvgIpc) is 2.67. The molecule has 0 atom stereocenters. The third-order valence-corrected chi connectivity index (χ3v) is 6.31. The molecule has 0 aromatic carbocycles. The topological polar surface area (TPSA) is 110 Å². The SMILES string of the molecule is CCS(=O)(=O)c1c(N)nsc1N(C)CCS(C)(=O)=O. The van der Waals surface area contributed by atoms with Gasteiger partial charge in [0.2, 0.25) is 0 Å². The Morgan fingerprint density at radius 1 is 1.32 bits per heavy atom.